The van der Waals surface area contributed by atoms with Gasteiger partial charge in [-0.15, -0.1) is 0 Å². The minimum atomic E-state index is 0.314. The van der Waals surface area contributed by atoms with E-state index in [2.05, 4.69) is 17.4 Å². The van der Waals surface area contributed by atoms with Crippen LogP contribution in [0.3, 0.4) is 0 Å². The molecule has 0 saturated heterocycles. The normalized spacial score (nSPS) is 12.3. The van der Waals surface area contributed by atoms with Crippen molar-refractivity contribution in [2.75, 3.05) is 21.0 Å². The molecule has 0 unspecified atom stereocenters. The van der Waals surface area contributed by atoms with E-state index in [9.17, 15) is 0 Å². The number of benzene rings is 2. The van der Waals surface area contributed by atoms with Gasteiger partial charge in [-0.3, -0.25) is 0 Å². The van der Waals surface area contributed by atoms with Crippen molar-refractivity contribution < 1.29 is 24.3 Å². The third-order valence-electron chi connectivity index (χ3n) is 3.65. The first-order chi connectivity index (χ1) is 10.8. The quantitative estimate of drug-likeness (QED) is 0.882. The Morgan fingerprint density at radius 3 is 2.32 bits per heavy atom. The first-order valence-corrected chi connectivity index (χ1v) is 7.21. The van der Waals surface area contributed by atoms with Crippen molar-refractivity contribution in [3.63, 3.8) is 0 Å². The summed E-state index contributed by atoms with van der Waals surface area (Å²) in [6, 6.07) is 12.1. The lowest BCUT2D eigenvalue weighted by Gasteiger charge is -2.09. The summed E-state index contributed by atoms with van der Waals surface area (Å²) in [5.41, 5.74) is 2.41. The molecule has 0 aliphatic carbocycles. The van der Waals surface area contributed by atoms with Gasteiger partial charge >= 0.3 is 0 Å². The first-order valence-electron chi connectivity index (χ1n) is 7.21. The molecule has 0 spiro atoms. The highest BCUT2D eigenvalue weighted by atomic mass is 16.7. The maximum absolute atomic E-state index is 5.39. The summed E-state index contributed by atoms with van der Waals surface area (Å²) in [6.45, 7) is 2.06. The van der Waals surface area contributed by atoms with E-state index in [4.69, 9.17) is 18.9 Å². The highest BCUT2D eigenvalue weighted by Crippen LogP contribution is 2.32. The van der Waals surface area contributed by atoms with Crippen molar-refractivity contribution >= 4 is 0 Å². The van der Waals surface area contributed by atoms with Gasteiger partial charge in [-0.25, -0.2) is 0 Å². The topological polar surface area (TPSA) is 53.5 Å². The molecule has 0 fully saturated rings. The van der Waals surface area contributed by atoms with Crippen LogP contribution in [0.5, 0.6) is 23.0 Å². The number of hydrogen-bond donors (Lipinski definition) is 1. The minimum Gasteiger partial charge on any atom is -0.493 e. The predicted octanol–water partition coefficient (Wildman–Crippen LogP) is 1.70. The molecule has 116 valence electrons. The highest BCUT2D eigenvalue weighted by Gasteiger charge is 2.13. The second kappa shape index (κ2) is 6.58. The van der Waals surface area contributed by atoms with Gasteiger partial charge in [-0.2, -0.15) is 0 Å². The van der Waals surface area contributed by atoms with E-state index < -0.39 is 0 Å². The number of rotatable bonds is 6. The lowest BCUT2D eigenvalue weighted by Crippen LogP contribution is -2.80. The summed E-state index contributed by atoms with van der Waals surface area (Å²) in [7, 11) is 3.29. The van der Waals surface area contributed by atoms with Gasteiger partial charge in [0.15, 0.2) is 23.0 Å². The lowest BCUT2D eigenvalue weighted by molar-refractivity contribution is -0.686. The van der Waals surface area contributed by atoms with Crippen LogP contribution in [0, 0.1) is 0 Å². The third-order valence-corrected chi connectivity index (χ3v) is 3.65. The zero-order valence-corrected chi connectivity index (χ0v) is 12.8. The average molecular weight is 302 g/mol. The summed E-state index contributed by atoms with van der Waals surface area (Å²) in [5, 5.41) is 2.23. The lowest BCUT2D eigenvalue weighted by atomic mass is 10.1. The van der Waals surface area contributed by atoms with E-state index in [1.807, 2.05) is 24.3 Å². The van der Waals surface area contributed by atoms with Crippen LogP contribution in [0.25, 0.3) is 0 Å². The molecule has 1 aliphatic heterocycles. The van der Waals surface area contributed by atoms with Gasteiger partial charge in [-0.05, 0) is 36.4 Å². The van der Waals surface area contributed by atoms with Crippen LogP contribution < -0.4 is 24.3 Å². The maximum atomic E-state index is 5.39. The van der Waals surface area contributed by atoms with Crippen LogP contribution >= 0.6 is 0 Å². The molecule has 1 heterocycles. The largest absolute Gasteiger partial charge is 0.493 e. The second-order valence-electron chi connectivity index (χ2n) is 5.07. The van der Waals surface area contributed by atoms with E-state index in [0.717, 1.165) is 36.1 Å². The molecule has 5 heteroatoms. The summed E-state index contributed by atoms with van der Waals surface area (Å²) in [5.74, 6) is 3.17. The molecule has 0 amide bonds. The fourth-order valence-corrected chi connectivity index (χ4v) is 2.48. The van der Waals surface area contributed by atoms with E-state index in [1.165, 1.54) is 11.1 Å². The van der Waals surface area contributed by atoms with Gasteiger partial charge in [0.05, 0.1) is 14.2 Å². The molecule has 0 aromatic heterocycles. The number of nitrogens with two attached hydrogens (primary N) is 1. The van der Waals surface area contributed by atoms with Gasteiger partial charge in [-0.1, -0.05) is 0 Å². The second-order valence-corrected chi connectivity index (χ2v) is 5.07. The monoisotopic (exact) mass is 302 g/mol. The zero-order chi connectivity index (χ0) is 15.4. The van der Waals surface area contributed by atoms with Gasteiger partial charge < -0.3 is 24.3 Å². The van der Waals surface area contributed by atoms with Crippen LogP contribution in [-0.2, 0) is 13.1 Å². The smallest absolute Gasteiger partial charge is 0.231 e. The predicted molar refractivity (Wildman–Crippen MR) is 81.4 cm³/mol. The Balaban J connectivity index is 1.59. The molecule has 2 aromatic rings. The number of quaternary nitrogens is 1. The number of hydrogen-bond acceptors (Lipinski definition) is 4. The molecule has 3 rings (SSSR count). The average Bonchev–Trinajstić information content (AvgIpc) is 3.02. The number of fused-ring (bicyclic) bond motifs is 1. The van der Waals surface area contributed by atoms with Gasteiger partial charge in [0.2, 0.25) is 6.79 Å². The molecular weight excluding hydrogens is 282 g/mol. The minimum absolute atomic E-state index is 0.314. The molecule has 1 aliphatic rings. The SMILES string of the molecule is COc1ccc(C[NH2+]Cc2ccc3c(c2)OCO3)cc1OC. The number of ether oxygens (including phenoxy) is 4. The summed E-state index contributed by atoms with van der Waals surface area (Å²) in [6.07, 6.45) is 0. The molecule has 2 N–H and O–H groups in total. The maximum Gasteiger partial charge on any atom is 0.231 e. The fourth-order valence-electron chi connectivity index (χ4n) is 2.48. The van der Waals surface area contributed by atoms with Crippen molar-refractivity contribution in [1.29, 1.82) is 0 Å². The molecule has 5 nitrogen and oxygen atoms in total. The third kappa shape index (κ3) is 3.09. The van der Waals surface area contributed by atoms with Gasteiger partial charge in [0.25, 0.3) is 0 Å². The highest BCUT2D eigenvalue weighted by molar-refractivity contribution is 5.44. The van der Waals surface area contributed by atoms with Crippen LogP contribution in [0.1, 0.15) is 11.1 Å². The summed E-state index contributed by atoms with van der Waals surface area (Å²) in [4.78, 5) is 0. The zero-order valence-electron chi connectivity index (χ0n) is 12.8. The van der Waals surface area contributed by atoms with Crippen molar-refractivity contribution in [2.24, 2.45) is 0 Å². The standard InChI is InChI=1S/C17H19NO4/c1-19-14-5-3-12(7-16(14)20-2)9-18-10-13-4-6-15-17(8-13)22-11-21-15/h3-8,18H,9-11H2,1-2H3/p+1. The summed E-state index contributed by atoms with van der Waals surface area (Å²) < 4.78 is 21.3. The van der Waals surface area contributed by atoms with Crippen LogP contribution in [-0.4, -0.2) is 21.0 Å². The molecule has 0 radical (unpaired) electrons. The van der Waals surface area contributed by atoms with E-state index in [-0.39, 0.29) is 0 Å². The Labute approximate surface area is 129 Å². The molecule has 0 saturated carbocycles. The molecule has 22 heavy (non-hydrogen) atoms. The van der Waals surface area contributed by atoms with E-state index in [1.54, 1.807) is 14.2 Å². The van der Waals surface area contributed by atoms with Gasteiger partial charge in [0.1, 0.15) is 13.1 Å². The van der Waals surface area contributed by atoms with Crippen LogP contribution in [0.15, 0.2) is 36.4 Å². The van der Waals surface area contributed by atoms with Crippen molar-refractivity contribution in [3.05, 3.63) is 47.5 Å². The van der Waals surface area contributed by atoms with Crippen molar-refractivity contribution in [3.8, 4) is 23.0 Å². The Bertz CT molecular complexity index is 657. The number of methoxy groups -OCH3 is 2. The summed E-state index contributed by atoms with van der Waals surface area (Å²) >= 11 is 0. The van der Waals surface area contributed by atoms with Crippen LogP contribution in [0.2, 0.25) is 0 Å². The Morgan fingerprint density at radius 2 is 1.55 bits per heavy atom. The van der Waals surface area contributed by atoms with Crippen LogP contribution in [0.4, 0.5) is 0 Å². The fraction of sp³-hybridized carbons (Fsp3) is 0.294. The first kappa shape index (κ1) is 14.5. The Hall–Kier alpha value is -2.40. The molecule has 0 atom stereocenters. The van der Waals surface area contributed by atoms with Crippen molar-refractivity contribution in [2.45, 2.75) is 13.1 Å². The van der Waals surface area contributed by atoms with Gasteiger partial charge in [0, 0.05) is 11.1 Å². The van der Waals surface area contributed by atoms with E-state index in [0.29, 0.717) is 6.79 Å². The molecular formula is C17H20NO4+. The Kier molecular flexibility index (Phi) is 4.34. The van der Waals surface area contributed by atoms with E-state index >= 15 is 0 Å². The Morgan fingerprint density at radius 1 is 0.864 bits per heavy atom. The molecule has 0 bridgehead atoms. The van der Waals surface area contributed by atoms with Crippen molar-refractivity contribution in [1.82, 2.24) is 0 Å². The molecule has 2 aromatic carbocycles.